The second-order valence-electron chi connectivity index (χ2n) is 4.38. The number of aromatic nitrogens is 3. The third-order valence-corrected chi connectivity index (χ3v) is 3.06. The molecule has 0 atom stereocenters. The number of methoxy groups -OCH3 is 1. The average Bonchev–Trinajstić information content (AvgIpc) is 2.56. The van der Waals surface area contributed by atoms with Crippen LogP contribution >= 0.6 is 0 Å². The van der Waals surface area contributed by atoms with E-state index >= 15 is 0 Å². The SMILES string of the molecule is COc1nnc(-c2ccccc2O)c(-c2ccccc2)n1. The number of nitrogens with zero attached hydrogens (tertiary/aromatic N) is 3. The van der Waals surface area contributed by atoms with Gasteiger partial charge in [0, 0.05) is 11.1 Å². The van der Waals surface area contributed by atoms with Gasteiger partial charge in [0.2, 0.25) is 0 Å². The molecule has 0 radical (unpaired) electrons. The lowest BCUT2D eigenvalue weighted by atomic mass is 10.0. The fourth-order valence-corrected chi connectivity index (χ4v) is 2.05. The minimum absolute atomic E-state index is 0.135. The van der Waals surface area contributed by atoms with Gasteiger partial charge in [0.05, 0.1) is 7.11 Å². The number of rotatable bonds is 3. The molecule has 3 rings (SSSR count). The van der Waals surface area contributed by atoms with Crippen LogP contribution in [0.15, 0.2) is 54.6 Å². The van der Waals surface area contributed by atoms with Gasteiger partial charge in [-0.15, -0.1) is 5.10 Å². The summed E-state index contributed by atoms with van der Waals surface area (Å²) in [6.07, 6.45) is 0. The monoisotopic (exact) mass is 279 g/mol. The Bertz CT molecular complexity index is 760. The molecule has 0 aliphatic heterocycles. The minimum atomic E-state index is 0.135. The van der Waals surface area contributed by atoms with E-state index in [1.54, 1.807) is 18.2 Å². The molecule has 0 saturated heterocycles. The Labute approximate surface area is 121 Å². The number of para-hydroxylation sites is 1. The van der Waals surface area contributed by atoms with E-state index < -0.39 is 0 Å². The first-order chi connectivity index (χ1) is 10.3. The molecule has 0 fully saturated rings. The van der Waals surface area contributed by atoms with Crippen LogP contribution in [-0.2, 0) is 0 Å². The van der Waals surface area contributed by atoms with Crippen LogP contribution in [0.1, 0.15) is 0 Å². The van der Waals surface area contributed by atoms with Crippen molar-refractivity contribution in [1.82, 2.24) is 15.2 Å². The highest BCUT2D eigenvalue weighted by Crippen LogP contribution is 2.33. The predicted molar refractivity (Wildman–Crippen MR) is 78.9 cm³/mol. The van der Waals surface area contributed by atoms with Gasteiger partial charge in [-0.2, -0.15) is 4.98 Å². The van der Waals surface area contributed by atoms with E-state index in [1.165, 1.54) is 7.11 Å². The molecule has 0 amide bonds. The molecule has 104 valence electrons. The van der Waals surface area contributed by atoms with Crippen LogP contribution in [0.4, 0.5) is 0 Å². The highest BCUT2D eigenvalue weighted by atomic mass is 16.5. The van der Waals surface area contributed by atoms with Crippen molar-refractivity contribution in [2.45, 2.75) is 0 Å². The van der Waals surface area contributed by atoms with Gasteiger partial charge in [0.15, 0.2) is 0 Å². The van der Waals surface area contributed by atoms with Gasteiger partial charge in [-0.1, -0.05) is 47.6 Å². The number of phenols is 1. The summed E-state index contributed by atoms with van der Waals surface area (Å²) in [5, 5.41) is 18.1. The molecule has 0 aliphatic carbocycles. The summed E-state index contributed by atoms with van der Waals surface area (Å²) in [5.41, 5.74) is 2.59. The summed E-state index contributed by atoms with van der Waals surface area (Å²) in [6.45, 7) is 0. The maximum Gasteiger partial charge on any atom is 0.336 e. The Morgan fingerprint density at radius 3 is 2.29 bits per heavy atom. The zero-order valence-corrected chi connectivity index (χ0v) is 11.4. The van der Waals surface area contributed by atoms with Crippen molar-refractivity contribution >= 4 is 0 Å². The van der Waals surface area contributed by atoms with Crippen LogP contribution in [0, 0.1) is 0 Å². The predicted octanol–water partition coefficient (Wildman–Crippen LogP) is 2.92. The zero-order chi connectivity index (χ0) is 14.7. The molecular formula is C16H13N3O2. The second-order valence-corrected chi connectivity index (χ2v) is 4.38. The number of ether oxygens (including phenoxy) is 1. The van der Waals surface area contributed by atoms with Crippen LogP contribution in [0.3, 0.4) is 0 Å². The Kier molecular flexibility index (Phi) is 3.47. The van der Waals surface area contributed by atoms with Gasteiger partial charge in [-0.25, -0.2) is 0 Å². The largest absolute Gasteiger partial charge is 0.507 e. The summed E-state index contributed by atoms with van der Waals surface area (Å²) < 4.78 is 5.05. The Balaban J connectivity index is 2.24. The van der Waals surface area contributed by atoms with Crippen molar-refractivity contribution in [3.8, 4) is 34.3 Å². The quantitative estimate of drug-likeness (QED) is 0.798. The Morgan fingerprint density at radius 1 is 0.857 bits per heavy atom. The van der Waals surface area contributed by atoms with Gasteiger partial charge in [-0.05, 0) is 12.1 Å². The van der Waals surface area contributed by atoms with E-state index in [0.29, 0.717) is 17.0 Å². The summed E-state index contributed by atoms with van der Waals surface area (Å²) in [5.74, 6) is 0.135. The topological polar surface area (TPSA) is 68.1 Å². The fraction of sp³-hybridized carbons (Fsp3) is 0.0625. The van der Waals surface area contributed by atoms with Crippen molar-refractivity contribution < 1.29 is 9.84 Å². The maximum absolute atomic E-state index is 10.0. The summed E-state index contributed by atoms with van der Waals surface area (Å²) in [4.78, 5) is 4.37. The van der Waals surface area contributed by atoms with Crippen LogP contribution in [0.5, 0.6) is 11.8 Å². The summed E-state index contributed by atoms with van der Waals surface area (Å²) in [6, 6.07) is 16.8. The lowest BCUT2D eigenvalue weighted by Crippen LogP contribution is -2.00. The van der Waals surface area contributed by atoms with Crippen molar-refractivity contribution in [2.24, 2.45) is 0 Å². The average molecular weight is 279 g/mol. The lowest BCUT2D eigenvalue weighted by Gasteiger charge is -2.09. The van der Waals surface area contributed by atoms with Gasteiger partial charge in [-0.3, -0.25) is 0 Å². The van der Waals surface area contributed by atoms with E-state index in [1.807, 2.05) is 36.4 Å². The Morgan fingerprint density at radius 2 is 1.57 bits per heavy atom. The van der Waals surface area contributed by atoms with E-state index in [2.05, 4.69) is 15.2 Å². The van der Waals surface area contributed by atoms with Gasteiger partial charge >= 0.3 is 6.01 Å². The molecule has 3 aromatic rings. The highest BCUT2D eigenvalue weighted by Gasteiger charge is 2.16. The molecule has 5 heteroatoms. The van der Waals surface area contributed by atoms with Crippen molar-refractivity contribution in [3.05, 3.63) is 54.6 Å². The zero-order valence-electron chi connectivity index (χ0n) is 11.4. The first-order valence-corrected chi connectivity index (χ1v) is 6.42. The second kappa shape index (κ2) is 5.58. The molecule has 0 unspecified atom stereocenters. The minimum Gasteiger partial charge on any atom is -0.507 e. The lowest BCUT2D eigenvalue weighted by molar-refractivity contribution is 0.374. The van der Waals surface area contributed by atoms with E-state index in [9.17, 15) is 5.11 Å². The molecule has 0 spiro atoms. The normalized spacial score (nSPS) is 10.3. The standard InChI is InChI=1S/C16H13N3O2/c1-21-16-17-14(11-7-3-2-4-8-11)15(18-19-16)12-9-5-6-10-13(12)20/h2-10,20H,1H3. The number of aromatic hydroxyl groups is 1. The molecule has 0 aliphatic rings. The first-order valence-electron chi connectivity index (χ1n) is 6.42. The van der Waals surface area contributed by atoms with Gasteiger partial charge < -0.3 is 9.84 Å². The molecule has 21 heavy (non-hydrogen) atoms. The molecule has 2 aromatic carbocycles. The third-order valence-electron chi connectivity index (χ3n) is 3.06. The Hall–Kier alpha value is -2.95. The molecule has 0 bridgehead atoms. The highest BCUT2D eigenvalue weighted by molar-refractivity contribution is 5.80. The van der Waals surface area contributed by atoms with E-state index in [-0.39, 0.29) is 11.8 Å². The van der Waals surface area contributed by atoms with E-state index in [0.717, 1.165) is 5.56 Å². The third kappa shape index (κ3) is 2.53. The number of hydrogen-bond donors (Lipinski definition) is 1. The molecule has 1 N–H and O–H groups in total. The molecule has 5 nitrogen and oxygen atoms in total. The number of phenolic OH excluding ortho intramolecular Hbond substituents is 1. The number of benzene rings is 2. The molecule has 1 aromatic heterocycles. The first kappa shape index (κ1) is 13.1. The van der Waals surface area contributed by atoms with Crippen molar-refractivity contribution in [3.63, 3.8) is 0 Å². The summed E-state index contributed by atoms with van der Waals surface area (Å²) in [7, 11) is 1.49. The molecule has 1 heterocycles. The van der Waals surface area contributed by atoms with Gasteiger partial charge in [0.1, 0.15) is 17.1 Å². The van der Waals surface area contributed by atoms with Crippen LogP contribution in [-0.4, -0.2) is 27.4 Å². The van der Waals surface area contributed by atoms with Crippen LogP contribution < -0.4 is 4.74 Å². The molecular weight excluding hydrogens is 266 g/mol. The van der Waals surface area contributed by atoms with E-state index in [4.69, 9.17) is 4.74 Å². The van der Waals surface area contributed by atoms with Gasteiger partial charge in [0.25, 0.3) is 0 Å². The smallest absolute Gasteiger partial charge is 0.336 e. The maximum atomic E-state index is 10.0. The number of hydrogen-bond acceptors (Lipinski definition) is 5. The molecule has 0 saturated carbocycles. The fourth-order valence-electron chi connectivity index (χ4n) is 2.05. The summed E-state index contributed by atoms with van der Waals surface area (Å²) >= 11 is 0. The van der Waals surface area contributed by atoms with Crippen LogP contribution in [0.25, 0.3) is 22.5 Å². The van der Waals surface area contributed by atoms with Crippen molar-refractivity contribution in [1.29, 1.82) is 0 Å². The van der Waals surface area contributed by atoms with Crippen molar-refractivity contribution in [2.75, 3.05) is 7.11 Å². The van der Waals surface area contributed by atoms with Crippen LogP contribution in [0.2, 0.25) is 0 Å².